The van der Waals surface area contributed by atoms with E-state index < -0.39 is 5.76 Å². The van der Waals surface area contributed by atoms with Gasteiger partial charge in [0.25, 0.3) is 5.76 Å². The van der Waals surface area contributed by atoms with E-state index in [4.69, 9.17) is 12.2 Å². The quantitative estimate of drug-likeness (QED) is 0.617. The number of benzene rings is 1. The zero-order valence-electron chi connectivity index (χ0n) is 14.2. The van der Waals surface area contributed by atoms with E-state index in [0.717, 1.165) is 26.2 Å². The number of thioether (sulfide) groups is 1. The topological polar surface area (TPSA) is 38.8 Å². The fraction of sp³-hybridized carbons (Fsp3) is 0.500. The molecule has 0 bridgehead atoms. The molecule has 0 radical (unpaired) electrons. The second kappa shape index (κ2) is 9.30. The fourth-order valence-corrected chi connectivity index (χ4v) is 3.05. The average Bonchev–Trinajstić information content (AvgIpc) is 2.56. The molecule has 138 valence electrons. The fourth-order valence-electron chi connectivity index (χ4n) is 2.37. The number of carbonyl (C=O) groups excluding carboxylic acids is 1. The second-order valence-corrected chi connectivity index (χ2v) is 7.32. The molecule has 1 heterocycles. The summed E-state index contributed by atoms with van der Waals surface area (Å²) in [5.41, 5.74) is 0.697. The van der Waals surface area contributed by atoms with Crippen LogP contribution in [-0.4, -0.2) is 78.3 Å². The van der Waals surface area contributed by atoms with Crippen LogP contribution in [0, 0.1) is 0 Å². The molecule has 25 heavy (non-hydrogen) atoms. The summed E-state index contributed by atoms with van der Waals surface area (Å²) in [6, 6.07) is 6.59. The Morgan fingerprint density at radius 2 is 1.88 bits per heavy atom. The van der Waals surface area contributed by atoms with Crippen molar-refractivity contribution in [3.63, 3.8) is 0 Å². The predicted molar refractivity (Wildman–Crippen MR) is 101 cm³/mol. The van der Waals surface area contributed by atoms with Crippen LogP contribution in [0.15, 0.2) is 29.2 Å². The first-order chi connectivity index (χ1) is 11.8. The zero-order chi connectivity index (χ0) is 18.4. The Bertz CT molecular complexity index is 592. The van der Waals surface area contributed by atoms with Gasteiger partial charge >= 0.3 is 0 Å². The number of carbonyl (C=O) groups is 1. The predicted octanol–water partition coefficient (Wildman–Crippen LogP) is 2.40. The van der Waals surface area contributed by atoms with E-state index in [2.05, 4.69) is 10.2 Å². The largest absolute Gasteiger partial charge is 0.343 e. The summed E-state index contributed by atoms with van der Waals surface area (Å²) < 4.78 is 24.6. The van der Waals surface area contributed by atoms with E-state index in [9.17, 15) is 13.6 Å². The molecule has 0 spiro atoms. The SMILES string of the molecule is CN1CCN(C(=O)CN(C)C(=S)Nc2ccc(SC(F)F)cc2)CC1. The summed E-state index contributed by atoms with van der Waals surface area (Å²) in [6.07, 6.45) is 0. The van der Waals surface area contributed by atoms with Gasteiger partial charge in [0, 0.05) is 43.8 Å². The monoisotopic (exact) mass is 388 g/mol. The van der Waals surface area contributed by atoms with Crippen LogP contribution in [0.5, 0.6) is 0 Å². The molecule has 1 aromatic carbocycles. The van der Waals surface area contributed by atoms with Gasteiger partial charge in [-0.25, -0.2) is 0 Å². The lowest BCUT2D eigenvalue weighted by molar-refractivity contribution is -0.132. The number of hydrogen-bond donors (Lipinski definition) is 1. The number of alkyl halides is 2. The van der Waals surface area contributed by atoms with Crippen molar-refractivity contribution in [2.24, 2.45) is 0 Å². The molecular weight excluding hydrogens is 366 g/mol. The molecule has 9 heteroatoms. The summed E-state index contributed by atoms with van der Waals surface area (Å²) in [5.74, 6) is -2.39. The lowest BCUT2D eigenvalue weighted by Crippen LogP contribution is -2.50. The van der Waals surface area contributed by atoms with Crippen LogP contribution in [0.1, 0.15) is 0 Å². The van der Waals surface area contributed by atoms with Crippen LogP contribution in [0.25, 0.3) is 0 Å². The first kappa shape index (κ1) is 19.9. The Balaban J connectivity index is 1.82. The molecular formula is C16H22F2N4OS2. The van der Waals surface area contributed by atoms with Gasteiger partial charge in [-0.05, 0) is 43.5 Å². The van der Waals surface area contributed by atoms with Gasteiger partial charge in [-0.3, -0.25) is 4.79 Å². The third kappa shape index (κ3) is 6.41. The minimum Gasteiger partial charge on any atom is -0.343 e. The van der Waals surface area contributed by atoms with E-state index in [1.165, 1.54) is 0 Å². The molecule has 1 aliphatic heterocycles. The van der Waals surface area contributed by atoms with E-state index in [0.29, 0.717) is 27.5 Å². The van der Waals surface area contributed by atoms with Crippen molar-refractivity contribution < 1.29 is 13.6 Å². The van der Waals surface area contributed by atoms with Crippen molar-refractivity contribution in [1.82, 2.24) is 14.7 Å². The van der Waals surface area contributed by atoms with Gasteiger partial charge in [0.15, 0.2) is 5.11 Å². The molecule has 1 aromatic rings. The summed E-state index contributed by atoms with van der Waals surface area (Å²) in [6.45, 7) is 3.41. The summed E-state index contributed by atoms with van der Waals surface area (Å²) in [7, 11) is 3.79. The number of nitrogens with zero attached hydrogens (tertiary/aromatic N) is 3. The number of anilines is 1. The molecule has 0 atom stereocenters. The third-order valence-corrected chi connectivity index (χ3v) is 5.04. The van der Waals surface area contributed by atoms with Gasteiger partial charge in [-0.15, -0.1) is 0 Å². The summed E-state index contributed by atoms with van der Waals surface area (Å²) >= 11 is 5.81. The molecule has 1 aliphatic rings. The molecule has 5 nitrogen and oxygen atoms in total. The Kier molecular flexibility index (Phi) is 7.39. The second-order valence-electron chi connectivity index (χ2n) is 5.87. The van der Waals surface area contributed by atoms with Crippen molar-refractivity contribution in [2.75, 3.05) is 52.1 Å². The van der Waals surface area contributed by atoms with E-state index >= 15 is 0 Å². The number of rotatable bonds is 5. The highest BCUT2D eigenvalue weighted by Crippen LogP contribution is 2.26. The minimum absolute atomic E-state index is 0.0448. The van der Waals surface area contributed by atoms with Gasteiger partial charge in [0.1, 0.15) is 0 Å². The van der Waals surface area contributed by atoms with Gasteiger partial charge in [-0.1, -0.05) is 11.8 Å². The summed E-state index contributed by atoms with van der Waals surface area (Å²) in [5, 5.41) is 3.43. The number of nitrogens with one attached hydrogen (secondary N) is 1. The van der Waals surface area contributed by atoms with Gasteiger partial charge in [0.2, 0.25) is 5.91 Å². The van der Waals surface area contributed by atoms with Crippen LogP contribution >= 0.6 is 24.0 Å². The van der Waals surface area contributed by atoms with Crippen molar-refractivity contribution in [3.05, 3.63) is 24.3 Å². The van der Waals surface area contributed by atoms with Gasteiger partial charge < -0.3 is 20.0 Å². The maximum absolute atomic E-state index is 12.3. The Labute approximate surface area is 156 Å². The highest BCUT2D eigenvalue weighted by atomic mass is 32.2. The summed E-state index contributed by atoms with van der Waals surface area (Å²) in [4.78, 5) is 18.5. The number of amides is 1. The van der Waals surface area contributed by atoms with Crippen LogP contribution in [0.2, 0.25) is 0 Å². The molecule has 0 unspecified atom stereocenters. The van der Waals surface area contributed by atoms with Gasteiger partial charge in [0.05, 0.1) is 6.54 Å². The Hall–Kier alpha value is -1.45. The van der Waals surface area contributed by atoms with Crippen LogP contribution < -0.4 is 5.32 Å². The molecule has 1 amide bonds. The van der Waals surface area contributed by atoms with Crippen LogP contribution in [0.3, 0.4) is 0 Å². The smallest absolute Gasteiger partial charge is 0.288 e. The van der Waals surface area contributed by atoms with Crippen LogP contribution in [-0.2, 0) is 4.79 Å². The van der Waals surface area contributed by atoms with Crippen molar-refractivity contribution in [3.8, 4) is 0 Å². The molecule has 0 aliphatic carbocycles. The number of thiocarbonyl (C=S) groups is 1. The lowest BCUT2D eigenvalue weighted by Gasteiger charge is -2.33. The maximum Gasteiger partial charge on any atom is 0.288 e. The van der Waals surface area contributed by atoms with Gasteiger partial charge in [-0.2, -0.15) is 8.78 Å². The number of halogens is 2. The van der Waals surface area contributed by atoms with Crippen molar-refractivity contribution in [1.29, 1.82) is 0 Å². The molecule has 1 fully saturated rings. The number of piperazine rings is 1. The van der Waals surface area contributed by atoms with Crippen molar-refractivity contribution >= 4 is 40.7 Å². The Morgan fingerprint density at radius 1 is 1.28 bits per heavy atom. The van der Waals surface area contributed by atoms with Crippen molar-refractivity contribution in [2.45, 2.75) is 10.7 Å². The average molecular weight is 389 g/mol. The standard InChI is InChI=1S/C16H22F2N4OS2/c1-20-7-9-22(10-8-20)14(23)11-21(2)16(24)19-12-3-5-13(6-4-12)25-15(17)18/h3-6,15H,7-11H2,1-2H3,(H,19,24). The normalized spacial score (nSPS) is 15.3. The van der Waals surface area contributed by atoms with Crippen LogP contribution in [0.4, 0.5) is 14.5 Å². The lowest BCUT2D eigenvalue weighted by atomic mass is 10.3. The molecule has 1 N–H and O–H groups in total. The number of hydrogen-bond acceptors (Lipinski definition) is 4. The minimum atomic E-state index is -2.44. The maximum atomic E-state index is 12.3. The molecule has 0 saturated carbocycles. The molecule has 2 rings (SSSR count). The molecule has 1 saturated heterocycles. The van der Waals surface area contributed by atoms with E-state index in [-0.39, 0.29) is 12.5 Å². The first-order valence-corrected chi connectivity index (χ1v) is 9.17. The zero-order valence-corrected chi connectivity index (χ0v) is 15.9. The highest BCUT2D eigenvalue weighted by molar-refractivity contribution is 7.99. The Morgan fingerprint density at radius 3 is 2.44 bits per heavy atom. The first-order valence-electron chi connectivity index (χ1n) is 7.88. The third-order valence-electron chi connectivity index (χ3n) is 3.91. The number of likely N-dealkylation sites (N-methyl/N-ethyl adjacent to an activating group) is 2. The van der Waals surface area contributed by atoms with E-state index in [1.54, 1.807) is 36.2 Å². The van der Waals surface area contributed by atoms with E-state index in [1.807, 2.05) is 11.9 Å². The highest BCUT2D eigenvalue weighted by Gasteiger charge is 2.20. The molecule has 0 aromatic heterocycles.